The van der Waals surface area contributed by atoms with Gasteiger partial charge in [-0.15, -0.1) is 0 Å². The molecular weight excluding hydrogens is 270 g/mol. The highest BCUT2D eigenvalue weighted by Crippen LogP contribution is 2.35. The molecule has 2 aliphatic rings. The Balaban J connectivity index is 1.88. The van der Waals surface area contributed by atoms with Crippen molar-refractivity contribution in [1.82, 2.24) is 15.4 Å². The van der Waals surface area contributed by atoms with Gasteiger partial charge in [0.05, 0.1) is 12.2 Å². The van der Waals surface area contributed by atoms with E-state index in [0.717, 1.165) is 24.1 Å². The number of hydrogen-bond donors (Lipinski definition) is 1. The number of carbonyl (C=O) groups is 2. The van der Waals surface area contributed by atoms with Gasteiger partial charge in [0.1, 0.15) is 17.8 Å². The van der Waals surface area contributed by atoms with Crippen molar-refractivity contribution in [2.24, 2.45) is 5.92 Å². The number of carbonyl (C=O) groups excluding carboxylic acids is 2. The third kappa shape index (κ3) is 2.43. The van der Waals surface area contributed by atoms with Gasteiger partial charge in [-0.05, 0) is 39.0 Å². The van der Waals surface area contributed by atoms with Crippen molar-refractivity contribution < 1.29 is 14.1 Å². The standard InChI is InChI=1S/C15H21N3O3/c1-4-12-14(19)16-13(10-5-6-10)15(20)18(12)7-11-8(2)17-21-9(11)3/h10,12-13H,4-7H2,1-3H3,(H,16,19). The lowest BCUT2D eigenvalue weighted by Gasteiger charge is -2.38. The van der Waals surface area contributed by atoms with E-state index in [-0.39, 0.29) is 17.9 Å². The largest absolute Gasteiger partial charge is 0.361 e. The molecule has 3 rings (SSSR count). The van der Waals surface area contributed by atoms with E-state index in [4.69, 9.17) is 4.52 Å². The van der Waals surface area contributed by atoms with E-state index in [9.17, 15) is 9.59 Å². The van der Waals surface area contributed by atoms with Crippen LogP contribution in [0.2, 0.25) is 0 Å². The average Bonchev–Trinajstić information content (AvgIpc) is 3.24. The van der Waals surface area contributed by atoms with Gasteiger partial charge < -0.3 is 14.7 Å². The number of hydrogen-bond acceptors (Lipinski definition) is 4. The van der Waals surface area contributed by atoms with Crippen LogP contribution in [0.15, 0.2) is 4.52 Å². The Kier molecular flexibility index (Phi) is 3.47. The van der Waals surface area contributed by atoms with Crippen molar-refractivity contribution in [3.8, 4) is 0 Å². The summed E-state index contributed by atoms with van der Waals surface area (Å²) in [6.45, 7) is 6.02. The Morgan fingerprint density at radius 1 is 1.33 bits per heavy atom. The van der Waals surface area contributed by atoms with Crippen molar-refractivity contribution in [3.05, 3.63) is 17.0 Å². The summed E-state index contributed by atoms with van der Waals surface area (Å²) in [5, 5.41) is 6.83. The molecule has 1 aliphatic heterocycles. The summed E-state index contributed by atoms with van der Waals surface area (Å²) in [5.74, 6) is 1.01. The van der Waals surface area contributed by atoms with Gasteiger partial charge in [-0.25, -0.2) is 0 Å². The van der Waals surface area contributed by atoms with E-state index in [2.05, 4.69) is 10.5 Å². The Bertz CT molecular complexity index is 557. The zero-order valence-electron chi connectivity index (χ0n) is 12.7. The molecular formula is C15H21N3O3. The summed E-state index contributed by atoms with van der Waals surface area (Å²) < 4.78 is 5.17. The fraction of sp³-hybridized carbons (Fsp3) is 0.667. The van der Waals surface area contributed by atoms with Gasteiger partial charge in [-0.3, -0.25) is 9.59 Å². The number of piperazine rings is 1. The first-order chi connectivity index (χ1) is 10.0. The van der Waals surface area contributed by atoms with E-state index < -0.39 is 6.04 Å². The smallest absolute Gasteiger partial charge is 0.246 e. The van der Waals surface area contributed by atoms with E-state index in [1.165, 1.54) is 0 Å². The number of aryl methyl sites for hydroxylation is 2. The summed E-state index contributed by atoms with van der Waals surface area (Å²) in [7, 11) is 0. The van der Waals surface area contributed by atoms with Crippen LogP contribution in [-0.4, -0.2) is 34.0 Å². The molecule has 114 valence electrons. The third-order valence-electron chi connectivity index (χ3n) is 4.52. The number of nitrogens with one attached hydrogen (secondary N) is 1. The van der Waals surface area contributed by atoms with Crippen LogP contribution in [0.1, 0.15) is 43.2 Å². The molecule has 1 aromatic heterocycles. The number of nitrogens with zero attached hydrogens (tertiary/aromatic N) is 2. The fourth-order valence-corrected chi connectivity index (χ4v) is 3.03. The molecule has 0 radical (unpaired) electrons. The first-order valence-corrected chi connectivity index (χ1v) is 7.55. The lowest BCUT2D eigenvalue weighted by Crippen LogP contribution is -2.63. The summed E-state index contributed by atoms with van der Waals surface area (Å²) >= 11 is 0. The fourth-order valence-electron chi connectivity index (χ4n) is 3.03. The van der Waals surface area contributed by atoms with Crippen LogP contribution >= 0.6 is 0 Å². The van der Waals surface area contributed by atoms with Gasteiger partial charge in [0.2, 0.25) is 11.8 Å². The minimum atomic E-state index is -0.402. The van der Waals surface area contributed by atoms with Gasteiger partial charge >= 0.3 is 0 Å². The Labute approximate surface area is 123 Å². The van der Waals surface area contributed by atoms with Crippen LogP contribution in [0, 0.1) is 19.8 Å². The molecule has 2 unspecified atom stereocenters. The van der Waals surface area contributed by atoms with Crippen molar-refractivity contribution >= 4 is 11.8 Å². The maximum Gasteiger partial charge on any atom is 0.246 e. The lowest BCUT2D eigenvalue weighted by molar-refractivity contribution is -0.150. The van der Waals surface area contributed by atoms with Crippen LogP contribution in [-0.2, 0) is 16.1 Å². The highest BCUT2D eigenvalue weighted by molar-refractivity contribution is 5.97. The predicted molar refractivity (Wildman–Crippen MR) is 75.3 cm³/mol. The van der Waals surface area contributed by atoms with Crippen LogP contribution in [0.25, 0.3) is 0 Å². The van der Waals surface area contributed by atoms with Crippen molar-refractivity contribution in [2.75, 3.05) is 0 Å². The van der Waals surface area contributed by atoms with Crippen LogP contribution in [0.3, 0.4) is 0 Å². The maximum atomic E-state index is 12.7. The molecule has 2 atom stereocenters. The van der Waals surface area contributed by atoms with Gasteiger partial charge in [-0.2, -0.15) is 0 Å². The topological polar surface area (TPSA) is 75.4 Å². The summed E-state index contributed by atoms with van der Waals surface area (Å²) in [6.07, 6.45) is 2.65. The van der Waals surface area contributed by atoms with Crippen molar-refractivity contribution in [3.63, 3.8) is 0 Å². The zero-order valence-corrected chi connectivity index (χ0v) is 12.7. The molecule has 1 saturated carbocycles. The molecule has 0 spiro atoms. The summed E-state index contributed by atoms with van der Waals surface area (Å²) in [5.41, 5.74) is 1.69. The van der Waals surface area contributed by atoms with E-state index in [0.29, 0.717) is 24.6 Å². The average molecular weight is 291 g/mol. The van der Waals surface area contributed by atoms with Crippen LogP contribution < -0.4 is 5.32 Å². The molecule has 1 N–H and O–H groups in total. The van der Waals surface area contributed by atoms with E-state index in [1.807, 2.05) is 20.8 Å². The van der Waals surface area contributed by atoms with Crippen LogP contribution in [0.5, 0.6) is 0 Å². The highest BCUT2D eigenvalue weighted by Gasteiger charge is 2.46. The van der Waals surface area contributed by atoms with Gasteiger partial charge in [0.15, 0.2) is 0 Å². The van der Waals surface area contributed by atoms with Gasteiger partial charge in [0.25, 0.3) is 0 Å². The molecule has 0 aromatic carbocycles. The molecule has 1 saturated heterocycles. The zero-order chi connectivity index (χ0) is 15.1. The van der Waals surface area contributed by atoms with Crippen LogP contribution in [0.4, 0.5) is 0 Å². The highest BCUT2D eigenvalue weighted by atomic mass is 16.5. The summed E-state index contributed by atoms with van der Waals surface area (Å²) in [6, 6.07) is -0.748. The summed E-state index contributed by atoms with van der Waals surface area (Å²) in [4.78, 5) is 26.7. The SMILES string of the molecule is CCC1C(=O)NC(C2CC2)C(=O)N1Cc1c(C)noc1C. The first-order valence-electron chi connectivity index (χ1n) is 7.55. The Morgan fingerprint density at radius 3 is 2.57 bits per heavy atom. The first kappa shape index (κ1) is 14.1. The second kappa shape index (κ2) is 5.16. The minimum Gasteiger partial charge on any atom is -0.361 e. The van der Waals surface area contributed by atoms with Gasteiger partial charge in [-0.1, -0.05) is 12.1 Å². The van der Waals surface area contributed by atoms with Crippen molar-refractivity contribution in [1.29, 1.82) is 0 Å². The molecule has 2 fully saturated rings. The van der Waals surface area contributed by atoms with Gasteiger partial charge in [0, 0.05) is 5.56 Å². The Hall–Kier alpha value is -1.85. The van der Waals surface area contributed by atoms with Crippen molar-refractivity contribution in [2.45, 2.75) is 58.7 Å². The predicted octanol–water partition coefficient (Wildman–Crippen LogP) is 1.31. The second-order valence-electron chi connectivity index (χ2n) is 6.02. The molecule has 2 heterocycles. The quantitative estimate of drug-likeness (QED) is 0.907. The molecule has 1 aliphatic carbocycles. The number of amides is 2. The maximum absolute atomic E-state index is 12.7. The Morgan fingerprint density at radius 2 is 2.05 bits per heavy atom. The lowest BCUT2D eigenvalue weighted by atomic mass is 10.0. The second-order valence-corrected chi connectivity index (χ2v) is 6.02. The molecule has 21 heavy (non-hydrogen) atoms. The number of rotatable bonds is 4. The van der Waals surface area contributed by atoms with E-state index >= 15 is 0 Å². The molecule has 0 bridgehead atoms. The van der Waals surface area contributed by atoms with E-state index in [1.54, 1.807) is 4.90 Å². The molecule has 6 nitrogen and oxygen atoms in total. The number of aromatic nitrogens is 1. The third-order valence-corrected chi connectivity index (χ3v) is 4.52. The normalized spacial score (nSPS) is 26.1. The monoisotopic (exact) mass is 291 g/mol. The molecule has 6 heteroatoms. The molecule has 2 amide bonds. The minimum absolute atomic E-state index is 0.0314. The molecule has 1 aromatic rings.